The Morgan fingerprint density at radius 2 is 2.00 bits per heavy atom. The van der Waals surface area contributed by atoms with Gasteiger partial charge in [-0.1, -0.05) is 39.4 Å². The van der Waals surface area contributed by atoms with Crippen LogP contribution in [0.4, 0.5) is 9.52 Å². The number of halogens is 2. The Balaban J connectivity index is 1.74. The summed E-state index contributed by atoms with van der Waals surface area (Å²) in [6.07, 6.45) is 3.16. The van der Waals surface area contributed by atoms with Gasteiger partial charge in [0.25, 0.3) is 5.56 Å². The number of benzene rings is 1. The first-order valence-corrected chi connectivity index (χ1v) is 9.65. The minimum Gasteiger partial charge on any atom is -0.336 e. The molecule has 136 valence electrons. The van der Waals surface area contributed by atoms with E-state index in [0.29, 0.717) is 26.7 Å². The lowest BCUT2D eigenvalue weighted by Crippen LogP contribution is -2.24. The Morgan fingerprint density at radius 3 is 2.74 bits per heavy atom. The van der Waals surface area contributed by atoms with Gasteiger partial charge in [0.2, 0.25) is 10.1 Å². The van der Waals surface area contributed by atoms with Gasteiger partial charge in [-0.05, 0) is 24.3 Å². The van der Waals surface area contributed by atoms with Crippen LogP contribution in [0.3, 0.4) is 0 Å². The van der Waals surface area contributed by atoms with Crippen LogP contribution in [-0.4, -0.2) is 19.6 Å². The van der Waals surface area contributed by atoms with Crippen LogP contribution in [0.15, 0.2) is 64.1 Å². The Kier molecular flexibility index (Phi) is 4.95. The van der Waals surface area contributed by atoms with E-state index in [1.807, 2.05) is 23.1 Å². The quantitative estimate of drug-likeness (QED) is 0.469. The molecule has 0 fully saturated rings. The second-order valence-electron chi connectivity index (χ2n) is 5.77. The van der Waals surface area contributed by atoms with Crippen LogP contribution in [0, 0.1) is 5.82 Å². The smallest absolute Gasteiger partial charge is 0.275 e. The number of hydrogen-bond acceptors (Lipinski definition) is 6. The number of anilines is 1. The lowest BCUT2D eigenvalue weighted by Gasteiger charge is -2.21. The summed E-state index contributed by atoms with van der Waals surface area (Å²) in [5.74, 6) is -0.313. The zero-order valence-corrected chi connectivity index (χ0v) is 16.3. The lowest BCUT2D eigenvalue weighted by molar-refractivity contribution is 0.601. The zero-order chi connectivity index (χ0) is 18.8. The van der Waals surface area contributed by atoms with Gasteiger partial charge >= 0.3 is 0 Å². The SMILES string of the molecule is O=c1ccnc2sc(N(Cc3ccccn3)Cc3ccc(Br)cc3F)nn12. The molecule has 3 heterocycles. The molecule has 0 aliphatic carbocycles. The molecule has 6 nitrogen and oxygen atoms in total. The first kappa shape index (κ1) is 17.7. The standard InChI is InChI=1S/C18H13BrFN5OS/c19-13-5-4-12(15(20)9-13)10-24(11-14-3-1-2-7-21-14)18-23-25-16(26)6-8-22-17(25)27-18/h1-9H,10-11H2. The van der Waals surface area contributed by atoms with Crippen molar-refractivity contribution in [1.82, 2.24) is 19.6 Å². The van der Waals surface area contributed by atoms with Crippen molar-refractivity contribution in [3.05, 3.63) is 86.8 Å². The van der Waals surface area contributed by atoms with E-state index in [0.717, 1.165) is 5.69 Å². The van der Waals surface area contributed by atoms with Crippen LogP contribution in [0.25, 0.3) is 4.96 Å². The summed E-state index contributed by atoms with van der Waals surface area (Å²) in [7, 11) is 0. The summed E-state index contributed by atoms with van der Waals surface area (Å²) in [4.78, 5) is 22.9. The van der Waals surface area contributed by atoms with E-state index >= 15 is 0 Å². The van der Waals surface area contributed by atoms with Crippen LogP contribution >= 0.6 is 27.3 Å². The molecular formula is C18H13BrFN5OS. The van der Waals surface area contributed by atoms with Crippen molar-refractivity contribution in [2.75, 3.05) is 4.90 Å². The van der Waals surface area contributed by atoms with Gasteiger partial charge in [0, 0.05) is 35.0 Å². The number of hydrogen-bond donors (Lipinski definition) is 0. The third-order valence-electron chi connectivity index (χ3n) is 3.89. The molecule has 4 aromatic rings. The van der Waals surface area contributed by atoms with E-state index < -0.39 is 0 Å². The Morgan fingerprint density at radius 1 is 1.11 bits per heavy atom. The van der Waals surface area contributed by atoms with Crippen LogP contribution in [0.2, 0.25) is 0 Å². The largest absolute Gasteiger partial charge is 0.336 e. The van der Waals surface area contributed by atoms with Crippen LogP contribution < -0.4 is 10.5 Å². The third-order valence-corrected chi connectivity index (χ3v) is 5.36. The normalized spacial score (nSPS) is 11.0. The number of fused-ring (bicyclic) bond motifs is 1. The molecule has 0 unspecified atom stereocenters. The van der Waals surface area contributed by atoms with E-state index in [9.17, 15) is 9.18 Å². The highest BCUT2D eigenvalue weighted by molar-refractivity contribution is 9.10. The molecule has 0 aliphatic rings. The number of rotatable bonds is 5. The highest BCUT2D eigenvalue weighted by Crippen LogP contribution is 2.26. The van der Waals surface area contributed by atoms with Crippen molar-refractivity contribution in [3.63, 3.8) is 0 Å². The molecule has 27 heavy (non-hydrogen) atoms. The van der Waals surface area contributed by atoms with E-state index in [-0.39, 0.29) is 17.9 Å². The predicted octanol–water partition coefficient (Wildman–Crippen LogP) is 3.65. The first-order chi connectivity index (χ1) is 13.1. The second-order valence-corrected chi connectivity index (χ2v) is 7.63. The topological polar surface area (TPSA) is 63.4 Å². The van der Waals surface area contributed by atoms with Crippen LogP contribution in [0.5, 0.6) is 0 Å². The maximum absolute atomic E-state index is 14.4. The molecule has 0 amide bonds. The summed E-state index contributed by atoms with van der Waals surface area (Å²) in [6, 6.07) is 11.9. The average molecular weight is 446 g/mol. The number of nitrogens with zero attached hydrogens (tertiary/aromatic N) is 5. The van der Waals surface area contributed by atoms with E-state index in [4.69, 9.17) is 0 Å². The lowest BCUT2D eigenvalue weighted by atomic mass is 10.2. The molecule has 0 spiro atoms. The highest BCUT2D eigenvalue weighted by Gasteiger charge is 2.17. The van der Waals surface area contributed by atoms with Gasteiger partial charge in [-0.2, -0.15) is 4.52 Å². The van der Waals surface area contributed by atoms with Gasteiger partial charge in [-0.15, -0.1) is 5.10 Å². The maximum atomic E-state index is 14.4. The van der Waals surface area contributed by atoms with Crippen molar-refractivity contribution >= 4 is 37.4 Å². The maximum Gasteiger partial charge on any atom is 0.275 e. The summed E-state index contributed by atoms with van der Waals surface area (Å²) in [5.41, 5.74) is 1.08. The minimum absolute atomic E-state index is 0.255. The molecule has 0 radical (unpaired) electrons. The van der Waals surface area contributed by atoms with Gasteiger partial charge in [0.1, 0.15) is 5.82 Å². The molecule has 9 heteroatoms. The van der Waals surface area contributed by atoms with Crippen molar-refractivity contribution < 1.29 is 4.39 Å². The predicted molar refractivity (Wildman–Crippen MR) is 105 cm³/mol. The Labute approximate surface area is 166 Å². The molecule has 0 bridgehead atoms. The molecule has 4 rings (SSSR count). The molecule has 0 aliphatic heterocycles. The Hall–Kier alpha value is -2.65. The molecular weight excluding hydrogens is 433 g/mol. The zero-order valence-electron chi connectivity index (χ0n) is 13.9. The fraction of sp³-hybridized carbons (Fsp3) is 0.111. The van der Waals surface area contributed by atoms with Gasteiger partial charge in [-0.3, -0.25) is 9.78 Å². The van der Waals surface area contributed by atoms with Gasteiger partial charge < -0.3 is 4.90 Å². The summed E-state index contributed by atoms with van der Waals surface area (Å²) >= 11 is 4.55. The van der Waals surface area contributed by atoms with Crippen molar-refractivity contribution in [2.24, 2.45) is 0 Å². The average Bonchev–Trinajstić information content (AvgIpc) is 3.10. The third kappa shape index (κ3) is 3.88. The van der Waals surface area contributed by atoms with Crippen molar-refractivity contribution in [3.8, 4) is 0 Å². The van der Waals surface area contributed by atoms with Gasteiger partial charge in [0.05, 0.1) is 12.2 Å². The second kappa shape index (κ2) is 7.53. The number of pyridine rings is 1. The van der Waals surface area contributed by atoms with E-state index in [1.54, 1.807) is 18.3 Å². The van der Waals surface area contributed by atoms with E-state index in [1.165, 1.54) is 34.2 Å². The fourth-order valence-corrected chi connectivity index (χ4v) is 3.80. The molecule has 0 N–H and O–H groups in total. The van der Waals surface area contributed by atoms with Crippen molar-refractivity contribution in [2.45, 2.75) is 13.1 Å². The van der Waals surface area contributed by atoms with Gasteiger partial charge in [-0.25, -0.2) is 9.37 Å². The van der Waals surface area contributed by atoms with Crippen molar-refractivity contribution in [1.29, 1.82) is 0 Å². The Bertz CT molecular complexity index is 1150. The van der Waals surface area contributed by atoms with E-state index in [2.05, 4.69) is 31.0 Å². The molecule has 0 saturated heterocycles. The summed E-state index contributed by atoms with van der Waals surface area (Å²) in [6.45, 7) is 0.704. The summed E-state index contributed by atoms with van der Waals surface area (Å²) < 4.78 is 16.3. The molecule has 0 atom stereocenters. The molecule has 3 aromatic heterocycles. The minimum atomic E-state index is -0.313. The molecule has 1 aromatic carbocycles. The van der Waals surface area contributed by atoms with Gasteiger partial charge in [0.15, 0.2) is 0 Å². The highest BCUT2D eigenvalue weighted by atomic mass is 79.9. The monoisotopic (exact) mass is 445 g/mol. The fourth-order valence-electron chi connectivity index (χ4n) is 2.60. The number of aromatic nitrogens is 4. The first-order valence-electron chi connectivity index (χ1n) is 8.04. The van der Waals surface area contributed by atoms with Crippen LogP contribution in [-0.2, 0) is 13.1 Å². The molecule has 0 saturated carbocycles. The van der Waals surface area contributed by atoms with Crippen LogP contribution in [0.1, 0.15) is 11.3 Å². The summed E-state index contributed by atoms with van der Waals surface area (Å²) in [5, 5.41) is 4.95.